The normalized spacial score (nSPS) is 18.2. The van der Waals surface area contributed by atoms with E-state index < -0.39 is 7.60 Å². The monoisotopic (exact) mass is 174 g/mol. The summed E-state index contributed by atoms with van der Waals surface area (Å²) in [6, 6.07) is 0. The van der Waals surface area contributed by atoms with Gasteiger partial charge in [-0.3, -0.25) is 4.57 Å². The molecule has 0 fully saturated rings. The van der Waals surface area contributed by atoms with E-state index in [0.29, 0.717) is 6.42 Å². The average molecular weight is 174 g/mol. The summed E-state index contributed by atoms with van der Waals surface area (Å²) in [5.41, 5.74) is 0.848. The summed E-state index contributed by atoms with van der Waals surface area (Å²) in [6.07, 6.45) is 7.20. The van der Waals surface area contributed by atoms with Gasteiger partial charge in [-0.1, -0.05) is 23.8 Å². The van der Waals surface area contributed by atoms with Crippen molar-refractivity contribution >= 4 is 7.60 Å². The van der Waals surface area contributed by atoms with Gasteiger partial charge >= 0.3 is 7.60 Å². The lowest BCUT2D eigenvalue weighted by atomic mass is 10.1. The van der Waals surface area contributed by atoms with E-state index in [4.69, 9.17) is 9.79 Å². The molecule has 1 aliphatic carbocycles. The van der Waals surface area contributed by atoms with Gasteiger partial charge in [-0.25, -0.2) is 0 Å². The van der Waals surface area contributed by atoms with Crippen LogP contribution in [0.4, 0.5) is 0 Å². The molecule has 4 heteroatoms. The fourth-order valence-electron chi connectivity index (χ4n) is 1.04. The molecule has 0 heterocycles. The molecule has 0 saturated carbocycles. The van der Waals surface area contributed by atoms with Crippen LogP contribution in [0, 0.1) is 0 Å². The lowest BCUT2D eigenvalue weighted by molar-refractivity contribution is 0.376. The minimum atomic E-state index is -3.84. The fraction of sp³-hybridized carbons (Fsp3) is 0.429. The Bertz CT molecular complexity index is 236. The smallest absolute Gasteiger partial charge is 0.324 e. The summed E-state index contributed by atoms with van der Waals surface area (Å²) >= 11 is 0. The highest BCUT2D eigenvalue weighted by atomic mass is 31.2. The molecule has 0 aromatic heterocycles. The van der Waals surface area contributed by atoms with E-state index in [1.807, 2.05) is 18.2 Å². The third kappa shape index (κ3) is 3.51. The van der Waals surface area contributed by atoms with Crippen molar-refractivity contribution in [2.45, 2.75) is 12.8 Å². The zero-order chi connectivity index (χ0) is 8.32. The van der Waals surface area contributed by atoms with Crippen LogP contribution in [0.25, 0.3) is 0 Å². The first-order chi connectivity index (χ1) is 5.08. The van der Waals surface area contributed by atoms with Gasteiger partial charge in [-0.05, 0) is 12.8 Å². The molecular formula is C7H11O3P. The van der Waals surface area contributed by atoms with Gasteiger partial charge in [0, 0.05) is 0 Å². The highest BCUT2D eigenvalue weighted by Gasteiger charge is 2.15. The summed E-state index contributed by atoms with van der Waals surface area (Å²) in [5, 5.41) is 0. The quantitative estimate of drug-likeness (QED) is 0.492. The van der Waals surface area contributed by atoms with Gasteiger partial charge < -0.3 is 9.79 Å². The van der Waals surface area contributed by atoms with Crippen LogP contribution in [0.2, 0.25) is 0 Å². The number of rotatable bonds is 2. The zero-order valence-electron chi connectivity index (χ0n) is 6.10. The van der Waals surface area contributed by atoms with Gasteiger partial charge in [0.05, 0.1) is 6.16 Å². The van der Waals surface area contributed by atoms with Crippen molar-refractivity contribution in [1.29, 1.82) is 0 Å². The SMILES string of the molecule is O=P(O)(O)CC1=CCC=CC1. The maximum atomic E-state index is 10.5. The maximum Gasteiger partial charge on any atom is 0.329 e. The lowest BCUT2D eigenvalue weighted by Crippen LogP contribution is -1.94. The third-order valence-electron chi connectivity index (χ3n) is 1.50. The lowest BCUT2D eigenvalue weighted by Gasteiger charge is -2.08. The highest BCUT2D eigenvalue weighted by Crippen LogP contribution is 2.38. The molecule has 0 radical (unpaired) electrons. The molecule has 62 valence electrons. The second kappa shape index (κ2) is 3.35. The van der Waals surface area contributed by atoms with Crippen molar-refractivity contribution in [2.75, 3.05) is 6.16 Å². The topological polar surface area (TPSA) is 57.5 Å². The minimum absolute atomic E-state index is 0.0860. The Morgan fingerprint density at radius 2 is 2.18 bits per heavy atom. The third-order valence-corrected chi connectivity index (χ3v) is 2.32. The van der Waals surface area contributed by atoms with Gasteiger partial charge in [0.15, 0.2) is 0 Å². The molecule has 0 bridgehead atoms. The Labute approximate surface area is 65.6 Å². The summed E-state index contributed by atoms with van der Waals surface area (Å²) in [5.74, 6) is 0. The van der Waals surface area contributed by atoms with Crippen molar-refractivity contribution in [3.8, 4) is 0 Å². The van der Waals surface area contributed by atoms with E-state index in [9.17, 15) is 4.57 Å². The van der Waals surface area contributed by atoms with Crippen LogP contribution in [-0.2, 0) is 4.57 Å². The standard InChI is InChI=1S/C7H11O3P/c8-11(9,10)6-7-4-2-1-3-5-7/h1-2,5H,3-4,6H2,(H2,8,9,10). The van der Waals surface area contributed by atoms with Gasteiger partial charge in [-0.2, -0.15) is 0 Å². The summed E-state index contributed by atoms with van der Waals surface area (Å²) in [4.78, 5) is 17.2. The molecule has 11 heavy (non-hydrogen) atoms. The van der Waals surface area contributed by atoms with Crippen LogP contribution >= 0.6 is 7.60 Å². The molecule has 0 aromatic carbocycles. The van der Waals surface area contributed by atoms with Gasteiger partial charge in [0.25, 0.3) is 0 Å². The van der Waals surface area contributed by atoms with Gasteiger partial charge in [0.1, 0.15) is 0 Å². The Balaban J connectivity index is 2.50. The van der Waals surface area contributed by atoms with E-state index in [2.05, 4.69) is 0 Å². The second-order valence-electron chi connectivity index (χ2n) is 2.60. The molecule has 1 aliphatic rings. The summed E-state index contributed by atoms with van der Waals surface area (Å²) < 4.78 is 10.5. The Morgan fingerprint density at radius 1 is 1.45 bits per heavy atom. The highest BCUT2D eigenvalue weighted by molar-refractivity contribution is 7.52. The molecule has 0 saturated heterocycles. The van der Waals surface area contributed by atoms with Crippen LogP contribution in [0.15, 0.2) is 23.8 Å². The molecule has 0 unspecified atom stereocenters. The Hall–Kier alpha value is -0.370. The first-order valence-corrected chi connectivity index (χ1v) is 5.25. The summed E-state index contributed by atoms with van der Waals surface area (Å²) in [7, 11) is -3.84. The number of hydrogen-bond donors (Lipinski definition) is 2. The van der Waals surface area contributed by atoms with Crippen molar-refractivity contribution in [1.82, 2.24) is 0 Å². The van der Waals surface area contributed by atoms with E-state index in [1.54, 1.807) is 0 Å². The Morgan fingerprint density at radius 3 is 2.64 bits per heavy atom. The average Bonchev–Trinajstić information content (AvgIpc) is 1.85. The zero-order valence-corrected chi connectivity index (χ0v) is 7.00. The van der Waals surface area contributed by atoms with Crippen LogP contribution in [-0.4, -0.2) is 15.9 Å². The maximum absolute atomic E-state index is 10.5. The number of hydrogen-bond acceptors (Lipinski definition) is 1. The minimum Gasteiger partial charge on any atom is -0.324 e. The van der Waals surface area contributed by atoms with E-state index >= 15 is 0 Å². The molecular weight excluding hydrogens is 163 g/mol. The van der Waals surface area contributed by atoms with Crippen LogP contribution in [0.3, 0.4) is 0 Å². The van der Waals surface area contributed by atoms with Gasteiger partial charge in [-0.15, -0.1) is 0 Å². The van der Waals surface area contributed by atoms with E-state index in [-0.39, 0.29) is 6.16 Å². The molecule has 3 nitrogen and oxygen atoms in total. The predicted molar refractivity (Wildman–Crippen MR) is 43.4 cm³/mol. The van der Waals surface area contributed by atoms with Crippen molar-refractivity contribution < 1.29 is 14.4 Å². The van der Waals surface area contributed by atoms with Crippen LogP contribution in [0.1, 0.15) is 12.8 Å². The molecule has 0 atom stereocenters. The summed E-state index contributed by atoms with van der Waals surface area (Å²) in [6.45, 7) is 0. The molecule has 0 aliphatic heterocycles. The van der Waals surface area contributed by atoms with E-state index in [1.165, 1.54) is 0 Å². The first kappa shape index (κ1) is 8.72. The molecule has 2 N–H and O–H groups in total. The molecule has 1 rings (SSSR count). The number of allylic oxidation sites excluding steroid dienone is 4. The predicted octanol–water partition coefficient (Wildman–Crippen LogP) is 1.44. The van der Waals surface area contributed by atoms with Gasteiger partial charge in [0.2, 0.25) is 0 Å². The molecule has 0 amide bonds. The first-order valence-electron chi connectivity index (χ1n) is 3.45. The largest absolute Gasteiger partial charge is 0.329 e. The Kier molecular flexibility index (Phi) is 2.66. The van der Waals surface area contributed by atoms with Crippen molar-refractivity contribution in [3.05, 3.63) is 23.8 Å². The molecule has 0 aromatic rings. The second-order valence-corrected chi connectivity index (χ2v) is 4.24. The molecule has 0 spiro atoms. The van der Waals surface area contributed by atoms with Crippen LogP contribution in [0.5, 0.6) is 0 Å². The van der Waals surface area contributed by atoms with Crippen molar-refractivity contribution in [2.24, 2.45) is 0 Å². The fourth-order valence-corrected chi connectivity index (χ4v) is 1.83. The van der Waals surface area contributed by atoms with Crippen molar-refractivity contribution in [3.63, 3.8) is 0 Å². The van der Waals surface area contributed by atoms with E-state index in [0.717, 1.165) is 12.0 Å². The van der Waals surface area contributed by atoms with Crippen LogP contribution < -0.4 is 0 Å².